The Labute approximate surface area is 104 Å². The van der Waals surface area contributed by atoms with E-state index in [1.54, 1.807) is 0 Å². The fraction of sp³-hybridized carbons (Fsp3) is 0.444. The SMILES string of the molecule is CC(Br)CCNC(=O)c1csc(Br)c1. The van der Waals surface area contributed by atoms with Crippen LogP contribution in [-0.2, 0) is 0 Å². The van der Waals surface area contributed by atoms with Crippen LogP contribution < -0.4 is 5.32 Å². The van der Waals surface area contributed by atoms with Crippen LogP contribution in [0.5, 0.6) is 0 Å². The first-order valence-corrected chi connectivity index (χ1v) is 6.84. The minimum absolute atomic E-state index is 0.0000926. The number of carbonyl (C=O) groups is 1. The van der Waals surface area contributed by atoms with Crippen LogP contribution in [0.25, 0.3) is 0 Å². The van der Waals surface area contributed by atoms with Crippen molar-refractivity contribution in [3.8, 4) is 0 Å². The van der Waals surface area contributed by atoms with Crippen LogP contribution in [-0.4, -0.2) is 17.3 Å². The average molecular weight is 341 g/mol. The van der Waals surface area contributed by atoms with Gasteiger partial charge in [0.05, 0.1) is 9.35 Å². The van der Waals surface area contributed by atoms with E-state index in [0.717, 1.165) is 15.8 Å². The fourth-order valence-electron chi connectivity index (χ4n) is 0.916. The highest BCUT2D eigenvalue weighted by molar-refractivity contribution is 9.11. The van der Waals surface area contributed by atoms with E-state index in [4.69, 9.17) is 0 Å². The predicted molar refractivity (Wildman–Crippen MR) is 67.4 cm³/mol. The summed E-state index contributed by atoms with van der Waals surface area (Å²) in [6.07, 6.45) is 0.942. The van der Waals surface area contributed by atoms with Crippen LogP contribution in [0.15, 0.2) is 15.2 Å². The number of thiophene rings is 1. The van der Waals surface area contributed by atoms with Crippen LogP contribution in [0.1, 0.15) is 23.7 Å². The van der Waals surface area contributed by atoms with Crippen LogP contribution in [0.2, 0.25) is 0 Å². The zero-order valence-corrected chi connectivity index (χ0v) is 11.7. The van der Waals surface area contributed by atoms with Crippen molar-refractivity contribution in [1.82, 2.24) is 5.32 Å². The zero-order valence-electron chi connectivity index (χ0n) is 7.72. The molecule has 0 aliphatic carbocycles. The van der Waals surface area contributed by atoms with E-state index in [1.165, 1.54) is 11.3 Å². The van der Waals surface area contributed by atoms with Crippen molar-refractivity contribution < 1.29 is 4.79 Å². The Morgan fingerprint density at radius 1 is 1.71 bits per heavy atom. The molecule has 0 radical (unpaired) electrons. The minimum atomic E-state index is 0.0000926. The van der Waals surface area contributed by atoms with Gasteiger partial charge in [-0.15, -0.1) is 11.3 Å². The molecular formula is C9H11Br2NOS. The molecule has 2 nitrogen and oxygen atoms in total. The lowest BCUT2D eigenvalue weighted by molar-refractivity contribution is 0.0954. The third-order valence-corrected chi connectivity index (χ3v) is 3.62. The summed E-state index contributed by atoms with van der Waals surface area (Å²) in [4.78, 5) is 11.9. The average Bonchev–Trinajstić information content (AvgIpc) is 2.51. The second-order valence-electron chi connectivity index (χ2n) is 2.96. The summed E-state index contributed by atoms with van der Waals surface area (Å²) in [5.41, 5.74) is 0.726. The van der Waals surface area contributed by atoms with Gasteiger partial charge in [0.1, 0.15) is 0 Å². The number of halogens is 2. The second-order valence-corrected chi connectivity index (χ2v) is 6.82. The van der Waals surface area contributed by atoms with Gasteiger partial charge >= 0.3 is 0 Å². The highest BCUT2D eigenvalue weighted by Crippen LogP contribution is 2.20. The van der Waals surface area contributed by atoms with Crippen LogP contribution >= 0.6 is 43.2 Å². The third-order valence-electron chi connectivity index (χ3n) is 1.66. The molecule has 1 rings (SSSR count). The van der Waals surface area contributed by atoms with Gasteiger partial charge in [-0.1, -0.05) is 22.9 Å². The number of amides is 1. The molecule has 1 heterocycles. The maximum Gasteiger partial charge on any atom is 0.252 e. The molecule has 78 valence electrons. The van der Waals surface area contributed by atoms with Crippen molar-refractivity contribution in [3.63, 3.8) is 0 Å². The summed E-state index contributed by atoms with van der Waals surface area (Å²) >= 11 is 8.27. The lowest BCUT2D eigenvalue weighted by atomic mass is 10.3. The second kappa shape index (κ2) is 5.88. The van der Waals surface area contributed by atoms with Crippen molar-refractivity contribution in [1.29, 1.82) is 0 Å². The van der Waals surface area contributed by atoms with E-state index in [0.29, 0.717) is 11.4 Å². The molecule has 1 amide bonds. The van der Waals surface area contributed by atoms with E-state index < -0.39 is 0 Å². The Morgan fingerprint density at radius 2 is 2.43 bits per heavy atom. The first-order valence-electron chi connectivity index (χ1n) is 4.26. The number of rotatable bonds is 4. The Morgan fingerprint density at radius 3 is 2.93 bits per heavy atom. The lowest BCUT2D eigenvalue weighted by Crippen LogP contribution is -2.25. The maximum atomic E-state index is 11.5. The smallest absolute Gasteiger partial charge is 0.252 e. The molecule has 5 heteroatoms. The van der Waals surface area contributed by atoms with Gasteiger partial charge in [0, 0.05) is 16.8 Å². The van der Waals surface area contributed by atoms with Crippen molar-refractivity contribution in [2.75, 3.05) is 6.54 Å². The van der Waals surface area contributed by atoms with Gasteiger partial charge < -0.3 is 5.32 Å². The first-order chi connectivity index (χ1) is 6.59. The van der Waals surface area contributed by atoms with Crippen molar-refractivity contribution in [2.45, 2.75) is 18.2 Å². The predicted octanol–water partition coefficient (Wildman–Crippen LogP) is 3.41. The highest BCUT2D eigenvalue weighted by atomic mass is 79.9. The first kappa shape index (κ1) is 12.2. The quantitative estimate of drug-likeness (QED) is 0.836. The summed E-state index contributed by atoms with van der Waals surface area (Å²) in [5, 5.41) is 4.70. The van der Waals surface area contributed by atoms with E-state index in [1.807, 2.05) is 11.4 Å². The number of hydrogen-bond acceptors (Lipinski definition) is 2. The molecule has 1 aromatic rings. The van der Waals surface area contributed by atoms with E-state index in [2.05, 4.69) is 44.1 Å². The van der Waals surface area contributed by atoms with Gasteiger partial charge in [0.2, 0.25) is 0 Å². The summed E-state index contributed by atoms with van der Waals surface area (Å²) in [6.45, 7) is 2.77. The Hall–Kier alpha value is 0.130. The van der Waals surface area contributed by atoms with Gasteiger partial charge in [0.15, 0.2) is 0 Å². The minimum Gasteiger partial charge on any atom is -0.352 e. The highest BCUT2D eigenvalue weighted by Gasteiger charge is 2.07. The molecule has 0 bridgehead atoms. The molecule has 0 aliphatic heterocycles. The maximum absolute atomic E-state index is 11.5. The molecule has 14 heavy (non-hydrogen) atoms. The molecule has 0 fully saturated rings. The Balaban J connectivity index is 2.36. The zero-order chi connectivity index (χ0) is 10.6. The number of carbonyl (C=O) groups excluding carboxylic acids is 1. The molecule has 0 saturated carbocycles. The lowest BCUT2D eigenvalue weighted by Gasteiger charge is -2.04. The van der Waals surface area contributed by atoms with Crippen LogP contribution in [0.4, 0.5) is 0 Å². The van der Waals surface area contributed by atoms with Gasteiger partial charge in [-0.05, 0) is 28.4 Å². The largest absolute Gasteiger partial charge is 0.352 e. The molecule has 1 aromatic heterocycles. The Kier molecular flexibility index (Phi) is 5.12. The van der Waals surface area contributed by atoms with E-state index >= 15 is 0 Å². The molecule has 0 saturated heterocycles. The monoisotopic (exact) mass is 339 g/mol. The van der Waals surface area contributed by atoms with Crippen LogP contribution in [0.3, 0.4) is 0 Å². The fourth-order valence-corrected chi connectivity index (χ4v) is 2.28. The molecule has 0 aliphatic rings. The summed E-state index contributed by atoms with van der Waals surface area (Å²) in [7, 11) is 0. The Bertz CT molecular complexity index is 312. The number of alkyl halides is 1. The van der Waals surface area contributed by atoms with Crippen molar-refractivity contribution in [3.05, 3.63) is 20.8 Å². The molecule has 1 N–H and O–H groups in total. The standard InChI is InChI=1S/C9H11Br2NOS/c1-6(10)2-3-12-9(13)7-4-8(11)14-5-7/h4-6H,2-3H2,1H3,(H,12,13). The molecular weight excluding hydrogens is 330 g/mol. The topological polar surface area (TPSA) is 29.1 Å². The van der Waals surface area contributed by atoms with Gasteiger partial charge in [-0.3, -0.25) is 4.79 Å². The van der Waals surface area contributed by atoms with Gasteiger partial charge in [-0.25, -0.2) is 0 Å². The third kappa shape index (κ3) is 4.11. The van der Waals surface area contributed by atoms with Crippen molar-refractivity contribution >= 4 is 49.1 Å². The molecule has 0 spiro atoms. The summed E-state index contributed by atoms with van der Waals surface area (Å²) in [5.74, 6) is 0.0000926. The van der Waals surface area contributed by atoms with E-state index in [-0.39, 0.29) is 5.91 Å². The van der Waals surface area contributed by atoms with Crippen molar-refractivity contribution in [2.24, 2.45) is 0 Å². The molecule has 1 unspecified atom stereocenters. The normalized spacial score (nSPS) is 12.5. The molecule has 1 atom stereocenters. The van der Waals surface area contributed by atoms with Gasteiger partial charge in [0.25, 0.3) is 5.91 Å². The summed E-state index contributed by atoms with van der Waals surface area (Å²) in [6, 6.07) is 1.83. The number of hydrogen-bond donors (Lipinski definition) is 1. The summed E-state index contributed by atoms with van der Waals surface area (Å²) < 4.78 is 0.983. The van der Waals surface area contributed by atoms with Crippen LogP contribution in [0, 0.1) is 0 Å². The van der Waals surface area contributed by atoms with E-state index in [9.17, 15) is 4.79 Å². The van der Waals surface area contributed by atoms with Gasteiger partial charge in [-0.2, -0.15) is 0 Å². The molecule has 0 aromatic carbocycles. The number of nitrogens with one attached hydrogen (secondary N) is 1.